The van der Waals surface area contributed by atoms with Crippen LogP contribution in [0, 0.1) is 0 Å². The van der Waals surface area contributed by atoms with Crippen LogP contribution in [0.3, 0.4) is 0 Å². The largest absolute Gasteiger partial charge is 0.488 e. The highest BCUT2D eigenvalue weighted by Gasteiger charge is 2.28. The van der Waals surface area contributed by atoms with Gasteiger partial charge in [0, 0.05) is 45.2 Å². The van der Waals surface area contributed by atoms with Crippen LogP contribution >= 0.6 is 24.0 Å². The molecule has 4 rings (SSSR count). The Morgan fingerprint density at radius 1 is 1.37 bits per heavy atom. The Kier molecular flexibility index (Phi) is 6.62. The fraction of sp³-hybridized carbons (Fsp3) is 0.500. The molecule has 7 heteroatoms. The smallest absolute Gasteiger partial charge is 0.194 e. The molecule has 1 aromatic heterocycles. The summed E-state index contributed by atoms with van der Waals surface area (Å²) in [5.41, 5.74) is 2.61. The number of fused-ring (bicyclic) bond motifs is 1. The van der Waals surface area contributed by atoms with Crippen LogP contribution in [0.5, 0.6) is 5.75 Å². The van der Waals surface area contributed by atoms with Gasteiger partial charge in [-0.15, -0.1) is 24.0 Å². The van der Waals surface area contributed by atoms with E-state index < -0.39 is 0 Å². The summed E-state index contributed by atoms with van der Waals surface area (Å²) in [6.45, 7) is 5.69. The predicted octanol–water partition coefficient (Wildman–Crippen LogP) is 2.80. The zero-order valence-corrected chi connectivity index (χ0v) is 18.3. The van der Waals surface area contributed by atoms with E-state index in [9.17, 15) is 0 Å². The third kappa shape index (κ3) is 4.56. The van der Waals surface area contributed by atoms with E-state index in [1.807, 2.05) is 30.1 Å². The highest BCUT2D eigenvalue weighted by atomic mass is 127. The molecular weight excluding hydrogens is 453 g/mol. The van der Waals surface area contributed by atoms with E-state index in [1.165, 1.54) is 11.1 Å². The van der Waals surface area contributed by atoms with E-state index in [2.05, 4.69) is 40.6 Å². The minimum absolute atomic E-state index is 0. The van der Waals surface area contributed by atoms with E-state index in [4.69, 9.17) is 9.73 Å². The van der Waals surface area contributed by atoms with Gasteiger partial charge in [0.15, 0.2) is 5.96 Å². The zero-order valence-electron chi connectivity index (χ0n) is 16.0. The number of aromatic nitrogens is 2. The van der Waals surface area contributed by atoms with Crippen molar-refractivity contribution in [1.82, 2.24) is 20.0 Å². The number of nitrogens with zero attached hydrogens (tertiary/aromatic N) is 4. The number of rotatable bonds is 4. The summed E-state index contributed by atoms with van der Waals surface area (Å²) < 4.78 is 7.91. The van der Waals surface area contributed by atoms with Crippen LogP contribution in [0.1, 0.15) is 30.4 Å². The van der Waals surface area contributed by atoms with Crippen molar-refractivity contribution in [2.75, 3.05) is 26.2 Å². The summed E-state index contributed by atoms with van der Waals surface area (Å²) in [5.74, 6) is 2.54. The number of halogens is 1. The fourth-order valence-corrected chi connectivity index (χ4v) is 3.85. The Balaban J connectivity index is 0.00000210. The van der Waals surface area contributed by atoms with Crippen LogP contribution in [0.25, 0.3) is 0 Å². The number of benzene rings is 1. The van der Waals surface area contributed by atoms with Gasteiger partial charge in [0.2, 0.25) is 0 Å². The molecule has 2 aliphatic rings. The Morgan fingerprint density at radius 2 is 2.22 bits per heavy atom. The van der Waals surface area contributed by atoms with Gasteiger partial charge in [0.05, 0.1) is 12.7 Å². The molecular formula is C20H28IN5O. The maximum atomic E-state index is 6.03. The lowest BCUT2D eigenvalue weighted by Gasteiger charge is -2.22. The molecule has 2 aromatic rings. The first-order valence-electron chi connectivity index (χ1n) is 9.49. The molecule has 0 saturated carbocycles. The molecule has 2 unspecified atom stereocenters. The standard InChI is InChI=1S/C20H27N5O.HI/c1-3-21-20(22-12-18-10-15-6-4-5-7-19(15)26-18)25-9-8-16(14-25)17-11-23-24(2)13-17;/h4-7,11,13,16,18H,3,8-10,12,14H2,1-2H3,(H,21,22);1H. The molecule has 3 heterocycles. The minimum atomic E-state index is 0. The van der Waals surface area contributed by atoms with Gasteiger partial charge in [-0.1, -0.05) is 18.2 Å². The summed E-state index contributed by atoms with van der Waals surface area (Å²) in [5, 5.41) is 7.76. The summed E-state index contributed by atoms with van der Waals surface area (Å²) in [7, 11) is 1.97. The fourth-order valence-electron chi connectivity index (χ4n) is 3.85. The number of likely N-dealkylation sites (tertiary alicyclic amines) is 1. The van der Waals surface area contributed by atoms with Crippen molar-refractivity contribution in [3.8, 4) is 5.75 Å². The van der Waals surface area contributed by atoms with Gasteiger partial charge < -0.3 is 15.0 Å². The molecule has 1 fully saturated rings. The number of ether oxygens (including phenoxy) is 1. The van der Waals surface area contributed by atoms with Crippen LogP contribution in [-0.4, -0.2) is 52.9 Å². The molecule has 27 heavy (non-hydrogen) atoms. The van der Waals surface area contributed by atoms with Gasteiger partial charge in [-0.05, 0) is 30.5 Å². The molecule has 2 atom stereocenters. The van der Waals surface area contributed by atoms with Crippen LogP contribution in [-0.2, 0) is 13.5 Å². The van der Waals surface area contributed by atoms with Gasteiger partial charge in [-0.25, -0.2) is 4.99 Å². The summed E-state index contributed by atoms with van der Waals surface area (Å²) in [4.78, 5) is 7.24. The van der Waals surface area contributed by atoms with Crippen LogP contribution in [0.15, 0.2) is 41.7 Å². The highest BCUT2D eigenvalue weighted by molar-refractivity contribution is 14.0. The minimum Gasteiger partial charge on any atom is -0.488 e. The molecule has 0 amide bonds. The van der Waals surface area contributed by atoms with Crippen molar-refractivity contribution in [3.63, 3.8) is 0 Å². The van der Waals surface area contributed by atoms with Gasteiger partial charge in [0.1, 0.15) is 11.9 Å². The number of para-hydroxylation sites is 1. The van der Waals surface area contributed by atoms with Crippen molar-refractivity contribution in [1.29, 1.82) is 0 Å². The SMILES string of the molecule is CCNC(=NCC1Cc2ccccc2O1)N1CCC(c2cnn(C)c2)C1.I. The van der Waals surface area contributed by atoms with E-state index in [0.717, 1.165) is 44.2 Å². The van der Waals surface area contributed by atoms with Crippen LogP contribution in [0.2, 0.25) is 0 Å². The molecule has 6 nitrogen and oxygen atoms in total. The van der Waals surface area contributed by atoms with Crippen molar-refractivity contribution in [3.05, 3.63) is 47.8 Å². The second-order valence-electron chi connectivity index (χ2n) is 7.13. The highest BCUT2D eigenvalue weighted by Crippen LogP contribution is 2.29. The summed E-state index contributed by atoms with van der Waals surface area (Å²) >= 11 is 0. The molecule has 2 aliphatic heterocycles. The Bertz CT molecular complexity index is 765. The van der Waals surface area contributed by atoms with E-state index in [0.29, 0.717) is 12.5 Å². The van der Waals surface area contributed by atoms with Crippen molar-refractivity contribution in [2.24, 2.45) is 12.0 Å². The number of aryl methyl sites for hydroxylation is 1. The lowest BCUT2D eigenvalue weighted by Crippen LogP contribution is -2.40. The van der Waals surface area contributed by atoms with Crippen LogP contribution in [0.4, 0.5) is 0 Å². The molecule has 1 saturated heterocycles. The third-order valence-corrected chi connectivity index (χ3v) is 5.18. The lowest BCUT2D eigenvalue weighted by atomic mass is 10.0. The Labute approximate surface area is 178 Å². The first-order valence-corrected chi connectivity index (χ1v) is 9.49. The molecule has 0 radical (unpaired) electrons. The molecule has 0 spiro atoms. The number of hydrogen-bond acceptors (Lipinski definition) is 3. The van der Waals surface area contributed by atoms with Gasteiger partial charge in [-0.2, -0.15) is 5.10 Å². The topological polar surface area (TPSA) is 54.7 Å². The van der Waals surface area contributed by atoms with Gasteiger partial charge >= 0.3 is 0 Å². The molecule has 1 N–H and O–H groups in total. The number of guanidine groups is 1. The average Bonchev–Trinajstić information content (AvgIpc) is 3.37. The average molecular weight is 481 g/mol. The van der Waals surface area contributed by atoms with E-state index in [-0.39, 0.29) is 30.1 Å². The molecule has 1 aromatic carbocycles. The van der Waals surface area contributed by atoms with Crippen molar-refractivity contribution >= 4 is 29.9 Å². The predicted molar refractivity (Wildman–Crippen MR) is 118 cm³/mol. The Hall–Kier alpha value is -1.77. The lowest BCUT2D eigenvalue weighted by molar-refractivity contribution is 0.241. The van der Waals surface area contributed by atoms with Gasteiger partial charge in [-0.3, -0.25) is 4.68 Å². The molecule has 0 bridgehead atoms. The number of nitrogens with one attached hydrogen (secondary N) is 1. The van der Waals surface area contributed by atoms with Crippen molar-refractivity contribution < 1.29 is 4.74 Å². The van der Waals surface area contributed by atoms with E-state index >= 15 is 0 Å². The second kappa shape index (κ2) is 8.95. The Morgan fingerprint density at radius 3 is 2.96 bits per heavy atom. The third-order valence-electron chi connectivity index (χ3n) is 5.18. The summed E-state index contributed by atoms with van der Waals surface area (Å²) in [6.07, 6.45) is 6.33. The first-order chi connectivity index (χ1) is 12.7. The maximum Gasteiger partial charge on any atom is 0.194 e. The number of hydrogen-bond donors (Lipinski definition) is 1. The zero-order chi connectivity index (χ0) is 17.9. The first kappa shape index (κ1) is 20.0. The molecule has 146 valence electrons. The monoisotopic (exact) mass is 481 g/mol. The van der Waals surface area contributed by atoms with Crippen LogP contribution < -0.4 is 10.1 Å². The van der Waals surface area contributed by atoms with Gasteiger partial charge in [0.25, 0.3) is 0 Å². The summed E-state index contributed by atoms with van der Waals surface area (Å²) in [6, 6.07) is 8.28. The normalized spacial score (nSPS) is 21.6. The van der Waals surface area contributed by atoms with Crippen molar-refractivity contribution in [2.45, 2.75) is 31.8 Å². The second-order valence-corrected chi connectivity index (χ2v) is 7.13. The van der Waals surface area contributed by atoms with E-state index in [1.54, 1.807) is 0 Å². The number of aliphatic imine (C=N–C) groups is 1. The quantitative estimate of drug-likeness (QED) is 0.415. The molecule has 0 aliphatic carbocycles. The maximum absolute atomic E-state index is 6.03.